The van der Waals surface area contributed by atoms with Crippen LogP contribution in [0.25, 0.3) is 16.7 Å². The number of pyridine rings is 2. The van der Waals surface area contributed by atoms with Crippen molar-refractivity contribution in [2.45, 2.75) is 129 Å². The van der Waals surface area contributed by atoms with E-state index in [1.165, 1.54) is 77.0 Å². The summed E-state index contributed by atoms with van der Waals surface area (Å²) < 4.78 is 45.3. The first-order valence-electron chi connectivity index (χ1n) is 19.0. The summed E-state index contributed by atoms with van der Waals surface area (Å²) in [7, 11) is 0. The van der Waals surface area contributed by atoms with Crippen molar-refractivity contribution in [3.63, 3.8) is 0 Å². The van der Waals surface area contributed by atoms with Crippen molar-refractivity contribution in [3.8, 4) is 5.69 Å². The molecule has 1 aromatic carbocycles. The van der Waals surface area contributed by atoms with Gasteiger partial charge in [-0.1, -0.05) is 104 Å². The van der Waals surface area contributed by atoms with Crippen LogP contribution >= 0.6 is 0 Å². The summed E-state index contributed by atoms with van der Waals surface area (Å²) in [5, 5.41) is 12.5. The second-order valence-electron chi connectivity index (χ2n) is 14.9. The minimum atomic E-state index is -1.57. The summed E-state index contributed by atoms with van der Waals surface area (Å²) in [5.41, 5.74) is -2.36. The average Bonchev–Trinajstić information content (AvgIpc) is 3.35. The van der Waals surface area contributed by atoms with Gasteiger partial charge in [0.05, 0.1) is 11.1 Å². The number of nitrogens with zero attached hydrogens (tertiary/aromatic N) is 3. The van der Waals surface area contributed by atoms with E-state index in [-0.39, 0.29) is 45.8 Å². The molecule has 2 N–H and O–H groups in total. The Kier molecular flexibility index (Phi) is 13.2. The first-order chi connectivity index (χ1) is 24.5. The van der Waals surface area contributed by atoms with Gasteiger partial charge < -0.3 is 15.3 Å². The van der Waals surface area contributed by atoms with Gasteiger partial charge in [-0.3, -0.25) is 14.2 Å². The van der Waals surface area contributed by atoms with Crippen molar-refractivity contribution >= 4 is 28.7 Å². The molecule has 278 valence electrons. The lowest BCUT2D eigenvalue weighted by molar-refractivity contribution is -0.125. The molecule has 1 saturated carbocycles. The SMILES string of the molecule is CCCCCCCCCCCCCCCCCC(=O)NC1CC2CN(c3nc4c(cc3F)c(=O)c(C(=O)O)cn4-c3ccc(F)cc3F)CC21C. The zero-order chi connectivity index (χ0) is 36.5. The molecule has 51 heavy (non-hydrogen) atoms. The number of aromatic nitrogens is 2. The van der Waals surface area contributed by atoms with E-state index in [0.717, 1.165) is 54.6 Å². The summed E-state index contributed by atoms with van der Waals surface area (Å²) in [5.74, 6) is -4.07. The van der Waals surface area contributed by atoms with Gasteiger partial charge in [0.1, 0.15) is 17.2 Å². The standard InChI is InChI=1S/C40H53F3N4O4/c1-3-4-5-6-7-8-9-10-11-12-13-14-15-16-17-18-35(48)44-34-21-27-24-46(26-40(27,34)2)38-32(43)23-29-36(49)30(39(50)51)25-47(37(29)45-38)33-20-19-28(41)22-31(33)42/h19-20,22-23,25,27,34H,3-18,21,24,26H2,1-2H3,(H,44,48)(H,50,51). The van der Waals surface area contributed by atoms with Crippen LogP contribution in [0.5, 0.6) is 0 Å². The van der Waals surface area contributed by atoms with E-state index in [0.29, 0.717) is 25.6 Å². The second kappa shape index (κ2) is 17.6. The number of halogens is 3. The third-order valence-electron chi connectivity index (χ3n) is 11.2. The fraction of sp³-hybridized carbons (Fsp3) is 0.600. The zero-order valence-corrected chi connectivity index (χ0v) is 30.1. The predicted octanol–water partition coefficient (Wildman–Crippen LogP) is 9.09. The number of anilines is 1. The number of benzene rings is 1. The topological polar surface area (TPSA) is 105 Å². The monoisotopic (exact) mass is 710 g/mol. The molecule has 3 atom stereocenters. The Morgan fingerprint density at radius 3 is 2.10 bits per heavy atom. The third-order valence-corrected chi connectivity index (χ3v) is 11.2. The first kappa shape index (κ1) is 38.3. The van der Waals surface area contributed by atoms with Gasteiger partial charge in [0.15, 0.2) is 17.3 Å². The molecule has 2 fully saturated rings. The van der Waals surface area contributed by atoms with Crippen molar-refractivity contribution in [2.24, 2.45) is 11.3 Å². The van der Waals surface area contributed by atoms with E-state index in [9.17, 15) is 28.3 Å². The minimum Gasteiger partial charge on any atom is -0.477 e. The molecule has 3 unspecified atom stereocenters. The Morgan fingerprint density at radius 2 is 1.51 bits per heavy atom. The Labute approximate surface area is 298 Å². The normalized spacial score (nSPS) is 19.7. The molecular weight excluding hydrogens is 657 g/mol. The highest BCUT2D eigenvalue weighted by Crippen LogP contribution is 2.52. The number of hydrogen-bond acceptors (Lipinski definition) is 5. The molecule has 1 aliphatic heterocycles. The van der Waals surface area contributed by atoms with Crippen LogP contribution < -0.4 is 15.6 Å². The maximum absolute atomic E-state index is 15.6. The van der Waals surface area contributed by atoms with Gasteiger partial charge in [-0.25, -0.2) is 22.9 Å². The van der Waals surface area contributed by atoms with Gasteiger partial charge in [0.25, 0.3) is 0 Å². The number of rotatable bonds is 20. The quantitative estimate of drug-likeness (QED) is 0.113. The molecular formula is C40H53F3N4O4. The number of carbonyl (C=O) groups is 2. The molecule has 1 aliphatic carbocycles. The van der Waals surface area contributed by atoms with Gasteiger partial charge in [0.2, 0.25) is 11.3 Å². The second-order valence-corrected chi connectivity index (χ2v) is 14.9. The fourth-order valence-corrected chi connectivity index (χ4v) is 7.97. The molecule has 2 aromatic heterocycles. The van der Waals surface area contributed by atoms with Gasteiger partial charge in [-0.2, -0.15) is 0 Å². The van der Waals surface area contributed by atoms with Gasteiger partial charge in [0, 0.05) is 43.2 Å². The van der Waals surface area contributed by atoms with Crippen LogP contribution in [-0.2, 0) is 4.79 Å². The van der Waals surface area contributed by atoms with Gasteiger partial charge in [-0.15, -0.1) is 0 Å². The Hall–Kier alpha value is -3.89. The molecule has 8 nitrogen and oxygen atoms in total. The van der Waals surface area contributed by atoms with Crippen molar-refractivity contribution in [3.05, 3.63) is 63.7 Å². The molecule has 2 aliphatic rings. The lowest BCUT2D eigenvalue weighted by Gasteiger charge is -2.49. The van der Waals surface area contributed by atoms with E-state index in [1.54, 1.807) is 4.90 Å². The summed E-state index contributed by atoms with van der Waals surface area (Å²) in [6.07, 6.45) is 21.2. The van der Waals surface area contributed by atoms with E-state index >= 15 is 4.39 Å². The first-order valence-corrected chi connectivity index (χ1v) is 19.0. The molecule has 0 bridgehead atoms. The number of unbranched alkanes of at least 4 members (excludes halogenated alkanes) is 14. The molecule has 5 rings (SSSR count). The van der Waals surface area contributed by atoms with Crippen molar-refractivity contribution in [1.29, 1.82) is 0 Å². The highest BCUT2D eigenvalue weighted by molar-refractivity contribution is 5.92. The third kappa shape index (κ3) is 9.13. The average molecular weight is 711 g/mol. The van der Waals surface area contributed by atoms with Crippen LogP contribution in [0.15, 0.2) is 35.3 Å². The predicted molar refractivity (Wildman–Crippen MR) is 194 cm³/mol. The van der Waals surface area contributed by atoms with Crippen LogP contribution in [0.3, 0.4) is 0 Å². The Bertz CT molecular complexity index is 1750. The number of carboxylic acid groups (broad SMARTS) is 1. The molecule has 1 saturated heterocycles. The molecule has 3 aromatic rings. The number of carboxylic acids is 1. The smallest absolute Gasteiger partial charge is 0.341 e. The summed E-state index contributed by atoms with van der Waals surface area (Å²) in [4.78, 5) is 43.9. The van der Waals surface area contributed by atoms with Crippen LogP contribution in [0.2, 0.25) is 0 Å². The van der Waals surface area contributed by atoms with Crippen molar-refractivity contribution in [2.75, 3.05) is 18.0 Å². The zero-order valence-electron chi connectivity index (χ0n) is 30.1. The van der Waals surface area contributed by atoms with Gasteiger partial charge in [-0.05, 0) is 37.0 Å². The number of fused-ring (bicyclic) bond motifs is 2. The summed E-state index contributed by atoms with van der Waals surface area (Å²) in [6, 6.07) is 3.61. The number of amides is 1. The van der Waals surface area contributed by atoms with Crippen molar-refractivity contribution in [1.82, 2.24) is 14.9 Å². The molecule has 0 spiro atoms. The maximum Gasteiger partial charge on any atom is 0.341 e. The van der Waals surface area contributed by atoms with Crippen LogP contribution in [0, 0.1) is 28.8 Å². The summed E-state index contributed by atoms with van der Waals surface area (Å²) >= 11 is 0. The fourth-order valence-electron chi connectivity index (χ4n) is 7.97. The highest BCUT2D eigenvalue weighted by atomic mass is 19.1. The Morgan fingerprint density at radius 1 is 0.902 bits per heavy atom. The van der Waals surface area contributed by atoms with E-state index in [2.05, 4.69) is 24.1 Å². The van der Waals surface area contributed by atoms with Crippen LogP contribution in [0.1, 0.15) is 133 Å². The van der Waals surface area contributed by atoms with Gasteiger partial charge >= 0.3 is 5.97 Å². The summed E-state index contributed by atoms with van der Waals surface area (Å²) in [6.45, 7) is 5.20. The van der Waals surface area contributed by atoms with Crippen LogP contribution in [-0.4, -0.2) is 45.7 Å². The number of nitrogens with one attached hydrogen (secondary N) is 1. The minimum absolute atomic E-state index is 0.0300. The Balaban J connectivity index is 1.11. The van der Waals surface area contributed by atoms with Crippen LogP contribution in [0.4, 0.5) is 19.0 Å². The number of carbonyl (C=O) groups excluding carboxylic acids is 1. The van der Waals surface area contributed by atoms with E-state index < -0.39 is 34.4 Å². The molecule has 11 heteroatoms. The van der Waals surface area contributed by atoms with E-state index in [4.69, 9.17) is 0 Å². The lowest BCUT2D eigenvalue weighted by Crippen LogP contribution is -2.59. The number of hydrogen-bond donors (Lipinski definition) is 2. The maximum atomic E-state index is 15.6. The molecule has 0 radical (unpaired) electrons. The van der Waals surface area contributed by atoms with Crippen molar-refractivity contribution < 1.29 is 27.9 Å². The lowest BCUT2D eigenvalue weighted by atomic mass is 9.59. The molecule has 3 heterocycles. The highest BCUT2D eigenvalue weighted by Gasteiger charge is 2.57. The molecule has 1 amide bonds. The largest absolute Gasteiger partial charge is 0.477 e. The van der Waals surface area contributed by atoms with E-state index in [1.807, 2.05) is 0 Å². The number of aromatic carboxylic acids is 1.